The summed E-state index contributed by atoms with van der Waals surface area (Å²) in [7, 11) is -2.09. The van der Waals surface area contributed by atoms with Crippen molar-refractivity contribution in [1.29, 1.82) is 0 Å². The number of rotatable bonds is 5. The second-order valence-electron chi connectivity index (χ2n) is 4.21. The molecule has 0 N–H and O–H groups in total. The van der Waals surface area contributed by atoms with Crippen LogP contribution < -0.4 is 4.74 Å². The molecule has 4 nitrogen and oxygen atoms in total. The van der Waals surface area contributed by atoms with Gasteiger partial charge in [0.15, 0.2) is 15.6 Å². The van der Waals surface area contributed by atoms with Crippen LogP contribution in [0.5, 0.6) is 5.75 Å². The largest absolute Gasteiger partial charge is 0.497 e. The highest BCUT2D eigenvalue weighted by Crippen LogP contribution is 2.24. The Morgan fingerprint density at radius 2 is 1.85 bits per heavy atom. The first kappa shape index (κ1) is 14.7. The zero-order chi connectivity index (χ0) is 14.8. The van der Waals surface area contributed by atoms with Gasteiger partial charge in [-0.25, -0.2) is 8.42 Å². The topological polar surface area (TPSA) is 60.4 Å². The van der Waals surface area contributed by atoms with Crippen molar-refractivity contribution in [2.45, 2.75) is 16.4 Å². The lowest BCUT2D eigenvalue weighted by molar-refractivity contribution is 0.0991. The summed E-state index contributed by atoms with van der Waals surface area (Å²) >= 11 is 1.12. The van der Waals surface area contributed by atoms with E-state index in [1.54, 1.807) is 35.7 Å². The Balaban J connectivity index is 2.28. The van der Waals surface area contributed by atoms with E-state index in [4.69, 9.17) is 4.74 Å². The molecule has 1 atom stereocenters. The maximum absolute atomic E-state index is 12.3. The molecule has 106 valence electrons. The van der Waals surface area contributed by atoms with E-state index in [0.717, 1.165) is 11.3 Å². The molecule has 2 rings (SSSR count). The quantitative estimate of drug-likeness (QED) is 0.797. The summed E-state index contributed by atoms with van der Waals surface area (Å²) in [6.07, 6.45) is 0. The summed E-state index contributed by atoms with van der Waals surface area (Å²) in [6, 6.07) is 9.58. The number of ether oxygens (including phenoxy) is 1. The van der Waals surface area contributed by atoms with Gasteiger partial charge in [-0.3, -0.25) is 4.79 Å². The number of sulfone groups is 1. The Morgan fingerprint density at radius 3 is 2.35 bits per heavy atom. The summed E-state index contributed by atoms with van der Waals surface area (Å²) in [5, 5.41) is 0.576. The summed E-state index contributed by atoms with van der Waals surface area (Å²) in [5.74, 6) is 0.205. The van der Waals surface area contributed by atoms with Crippen LogP contribution in [-0.4, -0.2) is 26.6 Å². The molecule has 0 aliphatic carbocycles. The van der Waals surface area contributed by atoms with Crippen LogP contribution in [0.2, 0.25) is 0 Å². The van der Waals surface area contributed by atoms with Crippen molar-refractivity contribution in [2.75, 3.05) is 7.11 Å². The van der Waals surface area contributed by atoms with Crippen LogP contribution in [0, 0.1) is 0 Å². The van der Waals surface area contributed by atoms with Gasteiger partial charge < -0.3 is 4.74 Å². The lowest BCUT2D eigenvalue weighted by Crippen LogP contribution is -2.27. The van der Waals surface area contributed by atoms with Crippen molar-refractivity contribution >= 4 is 27.0 Å². The lowest BCUT2D eigenvalue weighted by atomic mass is 10.1. The second-order valence-corrected chi connectivity index (χ2v) is 7.66. The van der Waals surface area contributed by atoms with Crippen LogP contribution >= 0.6 is 11.3 Å². The first-order chi connectivity index (χ1) is 9.46. The van der Waals surface area contributed by atoms with Crippen molar-refractivity contribution in [3.8, 4) is 5.75 Å². The van der Waals surface area contributed by atoms with Gasteiger partial charge in [0, 0.05) is 5.56 Å². The highest BCUT2D eigenvalue weighted by Gasteiger charge is 2.31. The SMILES string of the molecule is COc1ccc(C(=O)C(C)S(=O)(=O)c2cccs2)cc1. The van der Waals surface area contributed by atoms with Gasteiger partial charge in [0.25, 0.3) is 0 Å². The Hall–Kier alpha value is -1.66. The van der Waals surface area contributed by atoms with E-state index in [9.17, 15) is 13.2 Å². The fourth-order valence-electron chi connectivity index (χ4n) is 1.73. The van der Waals surface area contributed by atoms with Gasteiger partial charge in [-0.1, -0.05) is 6.07 Å². The number of Topliss-reactive ketones (excluding diaryl/α,β-unsaturated/α-hetero) is 1. The molecule has 20 heavy (non-hydrogen) atoms. The molecule has 0 spiro atoms. The molecule has 2 aromatic rings. The molecule has 0 bridgehead atoms. The van der Waals surface area contributed by atoms with E-state index in [2.05, 4.69) is 0 Å². The molecule has 1 heterocycles. The van der Waals surface area contributed by atoms with Crippen LogP contribution in [0.25, 0.3) is 0 Å². The van der Waals surface area contributed by atoms with Crippen LogP contribution in [0.1, 0.15) is 17.3 Å². The molecule has 6 heteroatoms. The molecule has 0 radical (unpaired) electrons. The standard InChI is InChI=1S/C14H14O4S2/c1-10(20(16,17)13-4-3-9-19-13)14(15)11-5-7-12(18-2)8-6-11/h3-10H,1-2H3. The number of methoxy groups -OCH3 is 1. The number of thiophene rings is 1. The predicted octanol–water partition coefficient (Wildman–Crippen LogP) is 2.80. The molecule has 0 aliphatic heterocycles. The van der Waals surface area contributed by atoms with E-state index < -0.39 is 20.9 Å². The highest BCUT2D eigenvalue weighted by atomic mass is 32.2. The van der Waals surface area contributed by atoms with Gasteiger partial charge in [-0.2, -0.15) is 0 Å². The molecule has 1 aromatic heterocycles. The smallest absolute Gasteiger partial charge is 0.197 e. The second kappa shape index (κ2) is 5.76. The van der Waals surface area contributed by atoms with Gasteiger partial charge in [0.05, 0.1) is 7.11 Å². The predicted molar refractivity (Wildman–Crippen MR) is 78.3 cm³/mol. The Kier molecular flexibility index (Phi) is 4.25. The van der Waals surface area contributed by atoms with Gasteiger partial charge >= 0.3 is 0 Å². The summed E-state index contributed by atoms with van der Waals surface area (Å²) in [4.78, 5) is 12.3. The minimum absolute atomic E-state index is 0.215. The minimum atomic E-state index is -3.62. The number of hydrogen-bond donors (Lipinski definition) is 0. The van der Waals surface area contributed by atoms with Crippen LogP contribution in [-0.2, 0) is 9.84 Å². The normalized spacial score (nSPS) is 12.9. The summed E-state index contributed by atoms with van der Waals surface area (Å²) < 4.78 is 29.8. The minimum Gasteiger partial charge on any atom is -0.497 e. The first-order valence-corrected chi connectivity index (χ1v) is 8.35. The molecule has 0 amide bonds. The molecule has 0 aliphatic rings. The van der Waals surface area contributed by atoms with E-state index >= 15 is 0 Å². The molecular weight excluding hydrogens is 296 g/mol. The van der Waals surface area contributed by atoms with Crippen LogP contribution in [0.3, 0.4) is 0 Å². The average Bonchev–Trinajstić information content (AvgIpc) is 3.00. The van der Waals surface area contributed by atoms with E-state index in [1.165, 1.54) is 20.1 Å². The molecule has 0 saturated carbocycles. The number of carbonyl (C=O) groups is 1. The molecular formula is C14H14O4S2. The van der Waals surface area contributed by atoms with E-state index in [-0.39, 0.29) is 4.21 Å². The molecule has 0 fully saturated rings. The van der Waals surface area contributed by atoms with Crippen molar-refractivity contribution in [2.24, 2.45) is 0 Å². The molecule has 1 unspecified atom stereocenters. The van der Waals surface area contributed by atoms with Crippen molar-refractivity contribution < 1.29 is 17.9 Å². The van der Waals surface area contributed by atoms with Gasteiger partial charge in [0.1, 0.15) is 15.2 Å². The van der Waals surface area contributed by atoms with E-state index in [1.807, 2.05) is 0 Å². The summed E-state index contributed by atoms with van der Waals surface area (Å²) in [5.41, 5.74) is 0.360. The van der Waals surface area contributed by atoms with E-state index in [0.29, 0.717) is 11.3 Å². The van der Waals surface area contributed by atoms with Crippen LogP contribution in [0.4, 0.5) is 0 Å². The van der Waals surface area contributed by atoms with Crippen LogP contribution in [0.15, 0.2) is 46.0 Å². The number of carbonyl (C=O) groups excluding carboxylic acids is 1. The Labute approximate surface area is 121 Å². The maximum atomic E-state index is 12.3. The Bertz CT molecular complexity index is 685. The fraction of sp³-hybridized carbons (Fsp3) is 0.214. The fourth-order valence-corrected chi connectivity index (χ4v) is 4.35. The zero-order valence-corrected chi connectivity index (χ0v) is 12.7. The number of hydrogen-bond acceptors (Lipinski definition) is 5. The monoisotopic (exact) mass is 310 g/mol. The number of benzene rings is 1. The van der Waals surface area contributed by atoms with Gasteiger partial charge in [0.2, 0.25) is 0 Å². The van der Waals surface area contributed by atoms with Crippen molar-refractivity contribution in [3.05, 3.63) is 47.3 Å². The maximum Gasteiger partial charge on any atom is 0.197 e. The zero-order valence-electron chi connectivity index (χ0n) is 11.1. The molecule has 1 aromatic carbocycles. The van der Waals surface area contributed by atoms with Gasteiger partial charge in [-0.15, -0.1) is 11.3 Å². The Morgan fingerprint density at radius 1 is 1.20 bits per heavy atom. The third-order valence-corrected chi connectivity index (χ3v) is 6.47. The molecule has 0 saturated heterocycles. The third kappa shape index (κ3) is 2.76. The lowest BCUT2D eigenvalue weighted by Gasteiger charge is -2.11. The first-order valence-electron chi connectivity index (χ1n) is 5.92. The van der Waals surface area contributed by atoms with Crippen molar-refractivity contribution in [1.82, 2.24) is 0 Å². The summed E-state index contributed by atoms with van der Waals surface area (Å²) in [6.45, 7) is 1.42. The highest BCUT2D eigenvalue weighted by molar-refractivity contribution is 7.94. The third-order valence-electron chi connectivity index (χ3n) is 2.98. The van der Waals surface area contributed by atoms with Crippen molar-refractivity contribution in [3.63, 3.8) is 0 Å². The number of ketones is 1. The van der Waals surface area contributed by atoms with Gasteiger partial charge in [-0.05, 0) is 42.6 Å². The average molecular weight is 310 g/mol.